The molecule has 1 aliphatic heterocycles. The Kier molecular flexibility index (Phi) is 8.24. The standard InChI is InChI=1S/C29H34N2O3S/c1-4-22(3)31(28(32)18-23-11-6-5-7-12-23)19-29(33)30-16-14-27-24(15-17-35-27)25(30)20-34-26-13-9-8-10-21(26)2/h5-13,15,17,22,25H,4,14,16,18-20H2,1-3H3/t22-,25-/m1/s1. The number of hydrogen-bond acceptors (Lipinski definition) is 4. The second-order valence-corrected chi connectivity index (χ2v) is 10.2. The van der Waals surface area contributed by atoms with Crippen LogP contribution in [0, 0.1) is 6.92 Å². The van der Waals surface area contributed by atoms with E-state index in [-0.39, 0.29) is 30.4 Å². The Morgan fingerprint density at radius 1 is 1.11 bits per heavy atom. The van der Waals surface area contributed by atoms with Crippen molar-refractivity contribution in [3.63, 3.8) is 0 Å². The Hall–Kier alpha value is -3.12. The van der Waals surface area contributed by atoms with E-state index in [0.717, 1.165) is 35.3 Å². The zero-order valence-electron chi connectivity index (χ0n) is 20.8. The highest BCUT2D eigenvalue weighted by Crippen LogP contribution is 2.34. The van der Waals surface area contributed by atoms with Gasteiger partial charge in [-0.1, -0.05) is 55.5 Å². The number of para-hydroxylation sites is 1. The number of benzene rings is 2. The first-order valence-corrected chi connectivity index (χ1v) is 13.2. The summed E-state index contributed by atoms with van der Waals surface area (Å²) in [6, 6.07) is 19.6. The van der Waals surface area contributed by atoms with Gasteiger partial charge in [0.15, 0.2) is 0 Å². The van der Waals surface area contributed by atoms with E-state index in [2.05, 4.69) is 18.4 Å². The van der Waals surface area contributed by atoms with Crippen molar-refractivity contribution in [2.75, 3.05) is 19.7 Å². The Bertz CT molecular complexity index is 1140. The van der Waals surface area contributed by atoms with Crippen molar-refractivity contribution < 1.29 is 14.3 Å². The molecular weight excluding hydrogens is 456 g/mol. The Labute approximate surface area is 212 Å². The van der Waals surface area contributed by atoms with E-state index in [4.69, 9.17) is 4.74 Å². The molecule has 184 valence electrons. The van der Waals surface area contributed by atoms with Crippen LogP contribution in [0.3, 0.4) is 0 Å². The summed E-state index contributed by atoms with van der Waals surface area (Å²) >= 11 is 1.74. The lowest BCUT2D eigenvalue weighted by Crippen LogP contribution is -2.50. The summed E-state index contributed by atoms with van der Waals surface area (Å²) in [7, 11) is 0. The fourth-order valence-electron chi connectivity index (χ4n) is 4.58. The number of carbonyl (C=O) groups excluding carboxylic acids is 2. The van der Waals surface area contributed by atoms with Crippen LogP contribution in [0.25, 0.3) is 0 Å². The molecule has 35 heavy (non-hydrogen) atoms. The molecule has 1 aromatic heterocycles. The number of amides is 2. The maximum absolute atomic E-state index is 13.7. The van der Waals surface area contributed by atoms with E-state index in [1.54, 1.807) is 16.2 Å². The molecule has 4 rings (SSSR count). The van der Waals surface area contributed by atoms with Crippen molar-refractivity contribution in [3.8, 4) is 5.75 Å². The van der Waals surface area contributed by atoms with Gasteiger partial charge >= 0.3 is 0 Å². The number of rotatable bonds is 9. The lowest BCUT2D eigenvalue weighted by Gasteiger charge is -2.38. The van der Waals surface area contributed by atoms with Crippen molar-refractivity contribution in [2.45, 2.75) is 52.1 Å². The maximum atomic E-state index is 13.7. The molecule has 1 aliphatic rings. The average Bonchev–Trinajstić information content (AvgIpc) is 3.36. The first kappa shape index (κ1) is 25.0. The molecule has 0 spiro atoms. The lowest BCUT2D eigenvalue weighted by atomic mass is 10.00. The van der Waals surface area contributed by atoms with Gasteiger partial charge in [-0.2, -0.15) is 0 Å². The molecule has 0 bridgehead atoms. The molecular formula is C29H34N2O3S. The third-order valence-corrected chi connectivity index (χ3v) is 7.85. The average molecular weight is 491 g/mol. The van der Waals surface area contributed by atoms with Gasteiger partial charge in [0.05, 0.1) is 12.5 Å². The van der Waals surface area contributed by atoms with Gasteiger partial charge < -0.3 is 14.5 Å². The van der Waals surface area contributed by atoms with Crippen LogP contribution in [0.15, 0.2) is 66.0 Å². The normalized spacial score (nSPS) is 15.9. The molecule has 0 N–H and O–H groups in total. The summed E-state index contributed by atoms with van der Waals surface area (Å²) in [6.45, 7) is 7.20. The Morgan fingerprint density at radius 3 is 2.60 bits per heavy atom. The van der Waals surface area contributed by atoms with Crippen molar-refractivity contribution in [2.24, 2.45) is 0 Å². The smallest absolute Gasteiger partial charge is 0.242 e. The zero-order chi connectivity index (χ0) is 24.8. The molecule has 0 radical (unpaired) electrons. The molecule has 0 unspecified atom stereocenters. The highest BCUT2D eigenvalue weighted by molar-refractivity contribution is 7.10. The molecule has 2 heterocycles. The van der Waals surface area contributed by atoms with Gasteiger partial charge in [-0.15, -0.1) is 11.3 Å². The quantitative estimate of drug-likeness (QED) is 0.402. The molecule has 3 aromatic rings. The highest BCUT2D eigenvalue weighted by Gasteiger charge is 2.34. The minimum atomic E-state index is -0.167. The molecule has 6 heteroatoms. The minimum absolute atomic E-state index is 0.0140. The third kappa shape index (κ3) is 5.93. The molecule has 0 saturated carbocycles. The second-order valence-electron chi connectivity index (χ2n) is 9.17. The van der Waals surface area contributed by atoms with E-state index in [1.807, 2.05) is 73.3 Å². The maximum Gasteiger partial charge on any atom is 0.242 e. The summed E-state index contributed by atoms with van der Waals surface area (Å²) in [5.74, 6) is 0.795. The van der Waals surface area contributed by atoms with Crippen LogP contribution >= 0.6 is 11.3 Å². The van der Waals surface area contributed by atoms with E-state index in [9.17, 15) is 9.59 Å². The number of carbonyl (C=O) groups is 2. The number of thiophene rings is 1. The van der Waals surface area contributed by atoms with Gasteiger partial charge in [0.25, 0.3) is 0 Å². The summed E-state index contributed by atoms with van der Waals surface area (Å²) in [6.07, 6.45) is 1.93. The fraction of sp³-hybridized carbons (Fsp3) is 0.379. The summed E-state index contributed by atoms with van der Waals surface area (Å²) in [5.41, 5.74) is 3.19. The highest BCUT2D eigenvalue weighted by atomic mass is 32.1. The molecule has 2 aromatic carbocycles. The van der Waals surface area contributed by atoms with Crippen molar-refractivity contribution in [3.05, 3.63) is 87.6 Å². The molecule has 5 nitrogen and oxygen atoms in total. The number of fused-ring (bicyclic) bond motifs is 1. The van der Waals surface area contributed by atoms with Crippen LogP contribution in [0.5, 0.6) is 5.75 Å². The predicted molar refractivity (Wildman–Crippen MR) is 141 cm³/mol. The van der Waals surface area contributed by atoms with Gasteiger partial charge in [-0.3, -0.25) is 9.59 Å². The monoisotopic (exact) mass is 490 g/mol. The molecule has 0 aliphatic carbocycles. The summed E-state index contributed by atoms with van der Waals surface area (Å²) in [4.78, 5) is 31.9. The van der Waals surface area contributed by atoms with Gasteiger partial charge in [-0.25, -0.2) is 0 Å². The van der Waals surface area contributed by atoms with Crippen molar-refractivity contribution in [1.29, 1.82) is 0 Å². The van der Waals surface area contributed by atoms with Gasteiger partial charge in [-0.05, 0) is 60.9 Å². The molecule has 2 atom stereocenters. The lowest BCUT2D eigenvalue weighted by molar-refractivity contribution is -0.144. The zero-order valence-corrected chi connectivity index (χ0v) is 21.6. The van der Waals surface area contributed by atoms with Gasteiger partial charge in [0, 0.05) is 17.5 Å². The van der Waals surface area contributed by atoms with Crippen LogP contribution in [-0.2, 0) is 22.4 Å². The van der Waals surface area contributed by atoms with E-state index in [1.165, 1.54) is 4.88 Å². The predicted octanol–water partition coefficient (Wildman–Crippen LogP) is 5.43. The molecule has 0 saturated heterocycles. The third-order valence-electron chi connectivity index (χ3n) is 6.85. The number of aryl methyl sites for hydroxylation is 1. The Morgan fingerprint density at radius 2 is 1.86 bits per heavy atom. The fourth-order valence-corrected chi connectivity index (χ4v) is 5.51. The Balaban J connectivity index is 1.51. The molecule has 2 amide bonds. The first-order chi connectivity index (χ1) is 17.0. The number of ether oxygens (including phenoxy) is 1. The SMILES string of the molecule is CC[C@@H](C)N(CC(=O)N1CCc2sccc2[C@H]1COc1ccccc1C)C(=O)Cc1ccccc1. The van der Waals surface area contributed by atoms with Gasteiger partial charge in [0.2, 0.25) is 11.8 Å². The van der Waals surface area contributed by atoms with Crippen molar-refractivity contribution >= 4 is 23.2 Å². The minimum Gasteiger partial charge on any atom is -0.491 e. The number of hydrogen-bond donors (Lipinski definition) is 0. The summed E-state index contributed by atoms with van der Waals surface area (Å²) in [5, 5.41) is 2.09. The summed E-state index contributed by atoms with van der Waals surface area (Å²) < 4.78 is 6.21. The van der Waals surface area contributed by atoms with Crippen molar-refractivity contribution in [1.82, 2.24) is 9.80 Å². The van der Waals surface area contributed by atoms with Crippen LogP contribution in [0.2, 0.25) is 0 Å². The first-order valence-electron chi connectivity index (χ1n) is 12.4. The van der Waals surface area contributed by atoms with Crippen LogP contribution in [-0.4, -0.2) is 47.4 Å². The van der Waals surface area contributed by atoms with Crippen LogP contribution in [0.4, 0.5) is 0 Å². The topological polar surface area (TPSA) is 49.9 Å². The number of nitrogens with zero attached hydrogens (tertiary/aromatic N) is 2. The van der Waals surface area contributed by atoms with E-state index < -0.39 is 0 Å². The van der Waals surface area contributed by atoms with Crippen LogP contribution < -0.4 is 4.74 Å². The molecule has 0 fully saturated rings. The van der Waals surface area contributed by atoms with Crippen LogP contribution in [0.1, 0.15) is 47.9 Å². The van der Waals surface area contributed by atoms with E-state index in [0.29, 0.717) is 19.6 Å². The largest absolute Gasteiger partial charge is 0.491 e. The van der Waals surface area contributed by atoms with E-state index >= 15 is 0 Å². The van der Waals surface area contributed by atoms with Gasteiger partial charge in [0.1, 0.15) is 18.9 Å². The second kappa shape index (κ2) is 11.5.